The molecule has 0 spiro atoms. The quantitative estimate of drug-likeness (QED) is 0.795. The predicted octanol–water partition coefficient (Wildman–Crippen LogP) is 2.58. The minimum Gasteiger partial charge on any atom is -0.481 e. The van der Waals surface area contributed by atoms with Crippen molar-refractivity contribution in [2.24, 2.45) is 0 Å². The molecule has 0 unspecified atom stereocenters. The van der Waals surface area contributed by atoms with Crippen molar-refractivity contribution in [2.45, 2.75) is 31.6 Å². The van der Waals surface area contributed by atoms with E-state index in [1.54, 1.807) is 0 Å². The van der Waals surface area contributed by atoms with E-state index in [0.29, 0.717) is 12.3 Å². The van der Waals surface area contributed by atoms with Crippen molar-refractivity contribution in [3.63, 3.8) is 0 Å². The summed E-state index contributed by atoms with van der Waals surface area (Å²) in [5.74, 6) is -0.211. The van der Waals surface area contributed by atoms with Gasteiger partial charge >= 0.3 is 5.97 Å². The summed E-state index contributed by atoms with van der Waals surface area (Å²) >= 11 is 0. The maximum atomic E-state index is 10.5. The number of carboxylic acids is 1. The third-order valence-electron chi connectivity index (χ3n) is 2.96. The van der Waals surface area contributed by atoms with Crippen molar-refractivity contribution in [3.05, 3.63) is 35.4 Å². The second kappa shape index (κ2) is 3.82. The number of hydrogen-bond acceptors (Lipinski definition) is 1. The topological polar surface area (TPSA) is 37.3 Å². The number of hydrogen-bond donors (Lipinski definition) is 1. The Balaban J connectivity index is 2.07. The van der Waals surface area contributed by atoms with Gasteiger partial charge in [0.2, 0.25) is 0 Å². The van der Waals surface area contributed by atoms with E-state index in [4.69, 9.17) is 5.11 Å². The summed E-state index contributed by atoms with van der Waals surface area (Å²) in [6.45, 7) is 0. The molecule has 0 radical (unpaired) electrons. The van der Waals surface area contributed by atoms with E-state index in [1.165, 1.54) is 11.1 Å². The Morgan fingerprint density at radius 2 is 2.21 bits per heavy atom. The summed E-state index contributed by atoms with van der Waals surface area (Å²) in [5, 5.41) is 8.62. The number of aliphatic carboxylic acids is 1. The van der Waals surface area contributed by atoms with Crippen LogP contribution in [0.4, 0.5) is 0 Å². The van der Waals surface area contributed by atoms with E-state index in [0.717, 1.165) is 19.3 Å². The Kier molecular flexibility index (Phi) is 2.53. The fraction of sp³-hybridized carbons (Fsp3) is 0.417. The molecule has 74 valence electrons. The van der Waals surface area contributed by atoms with E-state index < -0.39 is 5.97 Å². The molecule has 0 saturated carbocycles. The van der Waals surface area contributed by atoms with Crippen LogP contribution >= 0.6 is 0 Å². The summed E-state index contributed by atoms with van der Waals surface area (Å²) in [5.41, 5.74) is 2.77. The number of aryl methyl sites for hydroxylation is 1. The lowest BCUT2D eigenvalue weighted by atomic mass is 9.96. The van der Waals surface area contributed by atoms with Gasteiger partial charge in [-0.1, -0.05) is 24.3 Å². The van der Waals surface area contributed by atoms with Crippen LogP contribution in [0, 0.1) is 0 Å². The van der Waals surface area contributed by atoms with Crippen LogP contribution < -0.4 is 0 Å². The second-order valence-electron chi connectivity index (χ2n) is 3.87. The van der Waals surface area contributed by atoms with Gasteiger partial charge in [0.15, 0.2) is 0 Å². The lowest BCUT2D eigenvalue weighted by Crippen LogP contribution is -2.00. The smallest absolute Gasteiger partial charge is 0.303 e. The van der Waals surface area contributed by atoms with Crippen LogP contribution in [-0.2, 0) is 11.2 Å². The molecule has 1 N–H and O–H groups in total. The summed E-state index contributed by atoms with van der Waals surface area (Å²) < 4.78 is 0. The second-order valence-corrected chi connectivity index (χ2v) is 3.87. The first kappa shape index (κ1) is 9.25. The standard InChI is InChI=1S/C12H14O2/c13-12(14)8-7-10-6-5-9-3-1-2-4-11(9)10/h1-4,10H,5-8H2,(H,13,14)/t10-/m1/s1. The monoisotopic (exact) mass is 190 g/mol. The van der Waals surface area contributed by atoms with Gasteiger partial charge in [-0.25, -0.2) is 0 Å². The van der Waals surface area contributed by atoms with Crippen LogP contribution in [0.5, 0.6) is 0 Å². The minimum absolute atomic E-state index is 0.291. The highest BCUT2D eigenvalue weighted by Gasteiger charge is 2.21. The molecular weight excluding hydrogens is 176 g/mol. The van der Waals surface area contributed by atoms with Crippen LogP contribution in [0.15, 0.2) is 24.3 Å². The molecule has 0 aromatic heterocycles. The van der Waals surface area contributed by atoms with E-state index in [2.05, 4.69) is 18.2 Å². The zero-order valence-corrected chi connectivity index (χ0v) is 8.07. The van der Waals surface area contributed by atoms with E-state index in [1.807, 2.05) is 6.07 Å². The average Bonchev–Trinajstić information content (AvgIpc) is 2.58. The van der Waals surface area contributed by atoms with Crippen molar-refractivity contribution in [1.29, 1.82) is 0 Å². The molecule has 0 saturated heterocycles. The Hall–Kier alpha value is -1.31. The fourth-order valence-corrected chi connectivity index (χ4v) is 2.24. The van der Waals surface area contributed by atoms with Crippen LogP contribution in [0.2, 0.25) is 0 Å². The Morgan fingerprint density at radius 1 is 1.43 bits per heavy atom. The number of rotatable bonds is 3. The van der Waals surface area contributed by atoms with Gasteiger partial charge in [-0.3, -0.25) is 4.79 Å². The van der Waals surface area contributed by atoms with Crippen LogP contribution in [0.1, 0.15) is 36.3 Å². The molecule has 2 rings (SSSR count). The molecule has 0 fully saturated rings. The highest BCUT2D eigenvalue weighted by Crippen LogP contribution is 2.35. The molecule has 1 aromatic rings. The fourth-order valence-electron chi connectivity index (χ4n) is 2.24. The lowest BCUT2D eigenvalue weighted by molar-refractivity contribution is -0.137. The third kappa shape index (κ3) is 1.79. The van der Waals surface area contributed by atoms with Crippen molar-refractivity contribution >= 4 is 5.97 Å². The largest absolute Gasteiger partial charge is 0.481 e. The van der Waals surface area contributed by atoms with Crippen molar-refractivity contribution < 1.29 is 9.90 Å². The molecule has 14 heavy (non-hydrogen) atoms. The minimum atomic E-state index is -0.686. The van der Waals surface area contributed by atoms with Gasteiger partial charge in [-0.05, 0) is 36.3 Å². The Morgan fingerprint density at radius 3 is 3.00 bits per heavy atom. The van der Waals surface area contributed by atoms with Crippen molar-refractivity contribution in [1.82, 2.24) is 0 Å². The van der Waals surface area contributed by atoms with Crippen molar-refractivity contribution in [2.75, 3.05) is 0 Å². The van der Waals surface area contributed by atoms with Gasteiger partial charge in [0.25, 0.3) is 0 Å². The van der Waals surface area contributed by atoms with E-state index in [-0.39, 0.29) is 0 Å². The maximum absolute atomic E-state index is 10.5. The summed E-state index contributed by atoms with van der Waals surface area (Å²) in [7, 11) is 0. The normalized spacial score (nSPS) is 19.3. The number of carbonyl (C=O) groups is 1. The molecule has 0 aliphatic heterocycles. The SMILES string of the molecule is O=C(O)CC[C@H]1CCc2ccccc21. The van der Waals surface area contributed by atoms with Gasteiger partial charge in [0, 0.05) is 6.42 Å². The highest BCUT2D eigenvalue weighted by atomic mass is 16.4. The first-order valence-electron chi connectivity index (χ1n) is 5.07. The summed E-state index contributed by atoms with van der Waals surface area (Å²) in [6, 6.07) is 8.38. The first-order chi connectivity index (χ1) is 6.77. The molecule has 0 bridgehead atoms. The van der Waals surface area contributed by atoms with Gasteiger partial charge in [0.05, 0.1) is 0 Å². The molecule has 2 heteroatoms. The molecule has 0 heterocycles. The van der Waals surface area contributed by atoms with Gasteiger partial charge in [-0.15, -0.1) is 0 Å². The third-order valence-corrected chi connectivity index (χ3v) is 2.96. The first-order valence-corrected chi connectivity index (χ1v) is 5.07. The molecule has 1 aliphatic carbocycles. The lowest BCUT2D eigenvalue weighted by Gasteiger charge is -2.08. The molecule has 2 nitrogen and oxygen atoms in total. The summed E-state index contributed by atoms with van der Waals surface area (Å²) in [6.07, 6.45) is 3.30. The zero-order valence-electron chi connectivity index (χ0n) is 8.07. The Labute approximate surface area is 83.6 Å². The molecule has 1 aliphatic rings. The number of benzene rings is 1. The molecule has 1 atom stereocenters. The Bertz CT molecular complexity index is 344. The molecule has 1 aromatic carbocycles. The number of fused-ring (bicyclic) bond motifs is 1. The van der Waals surface area contributed by atoms with E-state index in [9.17, 15) is 4.79 Å². The molecular formula is C12H14O2. The summed E-state index contributed by atoms with van der Waals surface area (Å²) in [4.78, 5) is 10.5. The van der Waals surface area contributed by atoms with Gasteiger partial charge in [-0.2, -0.15) is 0 Å². The van der Waals surface area contributed by atoms with Crippen molar-refractivity contribution in [3.8, 4) is 0 Å². The average molecular weight is 190 g/mol. The molecule has 0 amide bonds. The zero-order chi connectivity index (χ0) is 9.97. The number of carboxylic acid groups (broad SMARTS) is 1. The highest BCUT2D eigenvalue weighted by molar-refractivity contribution is 5.66. The van der Waals surface area contributed by atoms with Crippen LogP contribution in [0.3, 0.4) is 0 Å². The van der Waals surface area contributed by atoms with E-state index >= 15 is 0 Å². The van der Waals surface area contributed by atoms with Gasteiger partial charge in [0.1, 0.15) is 0 Å². The van der Waals surface area contributed by atoms with Crippen LogP contribution in [-0.4, -0.2) is 11.1 Å². The maximum Gasteiger partial charge on any atom is 0.303 e. The predicted molar refractivity (Wildman–Crippen MR) is 54.4 cm³/mol. The van der Waals surface area contributed by atoms with Crippen LogP contribution in [0.25, 0.3) is 0 Å². The van der Waals surface area contributed by atoms with Gasteiger partial charge < -0.3 is 5.11 Å².